The summed E-state index contributed by atoms with van der Waals surface area (Å²) in [4.78, 5) is 2.35. The summed E-state index contributed by atoms with van der Waals surface area (Å²) in [5.74, 6) is 0. The molecular weight excluding hydrogens is 711 g/mol. The van der Waals surface area contributed by atoms with E-state index in [4.69, 9.17) is 13.3 Å². The number of benzene rings is 9. The van der Waals surface area contributed by atoms with Crippen LogP contribution in [-0.2, 0) is 0 Å². The molecular formula is C54H33NO3. The molecule has 0 N–H and O–H groups in total. The second-order valence-corrected chi connectivity index (χ2v) is 14.9. The molecule has 0 amide bonds. The van der Waals surface area contributed by atoms with Crippen LogP contribution in [0, 0.1) is 0 Å². The lowest BCUT2D eigenvalue weighted by molar-refractivity contribution is 0.668. The predicted molar refractivity (Wildman–Crippen MR) is 239 cm³/mol. The van der Waals surface area contributed by atoms with E-state index in [1.54, 1.807) is 0 Å². The fourth-order valence-corrected chi connectivity index (χ4v) is 8.67. The van der Waals surface area contributed by atoms with Crippen LogP contribution >= 0.6 is 0 Å². The quantitative estimate of drug-likeness (QED) is 0.170. The van der Waals surface area contributed by atoms with Gasteiger partial charge in [0.2, 0.25) is 0 Å². The SMILES string of the molecule is c1ccc(-c2ccc3c(oc4ccccc43)c2N(c2ccc(-c3ccc4oc5ccccc5c4c3)cc2)c2ccc(-c3ccc4oc5ccccc5c4c3)cc2)cc1. The molecule has 12 aromatic rings. The third-order valence-corrected chi connectivity index (χ3v) is 11.5. The van der Waals surface area contributed by atoms with E-state index in [0.29, 0.717) is 0 Å². The van der Waals surface area contributed by atoms with Crippen LogP contribution < -0.4 is 4.90 Å². The van der Waals surface area contributed by atoms with E-state index in [1.165, 1.54) is 0 Å². The zero-order chi connectivity index (χ0) is 38.2. The van der Waals surface area contributed by atoms with Crippen molar-refractivity contribution in [1.29, 1.82) is 0 Å². The summed E-state index contributed by atoms with van der Waals surface area (Å²) in [5, 5.41) is 6.64. The number of anilines is 3. The van der Waals surface area contributed by atoms with Crippen molar-refractivity contribution in [2.75, 3.05) is 4.90 Å². The van der Waals surface area contributed by atoms with Gasteiger partial charge in [0.05, 0.1) is 5.69 Å². The van der Waals surface area contributed by atoms with E-state index in [9.17, 15) is 0 Å². The molecule has 0 saturated heterocycles. The second-order valence-electron chi connectivity index (χ2n) is 14.9. The second kappa shape index (κ2) is 12.9. The molecule has 0 aliphatic carbocycles. The Morgan fingerprint density at radius 2 is 0.707 bits per heavy atom. The minimum atomic E-state index is 0.838. The molecule has 0 radical (unpaired) electrons. The normalized spacial score (nSPS) is 11.8. The Bertz CT molecular complexity index is 3340. The predicted octanol–water partition coefficient (Wildman–Crippen LogP) is 15.9. The van der Waals surface area contributed by atoms with Gasteiger partial charge in [-0.05, 0) is 101 Å². The van der Waals surface area contributed by atoms with E-state index in [-0.39, 0.29) is 0 Å². The van der Waals surface area contributed by atoms with Gasteiger partial charge in [0.15, 0.2) is 5.58 Å². The summed E-state index contributed by atoms with van der Waals surface area (Å²) in [7, 11) is 0. The summed E-state index contributed by atoms with van der Waals surface area (Å²) in [5.41, 5.74) is 15.0. The number of rotatable bonds is 6. The van der Waals surface area contributed by atoms with Crippen molar-refractivity contribution >= 4 is 82.9 Å². The van der Waals surface area contributed by atoms with Crippen molar-refractivity contribution in [3.8, 4) is 33.4 Å². The molecule has 0 saturated carbocycles. The minimum Gasteiger partial charge on any atom is -0.456 e. The lowest BCUT2D eigenvalue weighted by Crippen LogP contribution is -2.11. The van der Waals surface area contributed by atoms with E-state index in [2.05, 4.69) is 175 Å². The third kappa shape index (κ3) is 5.16. The Morgan fingerprint density at radius 1 is 0.276 bits per heavy atom. The molecule has 58 heavy (non-hydrogen) atoms. The topological polar surface area (TPSA) is 42.7 Å². The maximum Gasteiger partial charge on any atom is 0.160 e. The number of furan rings is 3. The number of hydrogen-bond acceptors (Lipinski definition) is 4. The van der Waals surface area contributed by atoms with Crippen LogP contribution in [0.3, 0.4) is 0 Å². The highest BCUT2D eigenvalue weighted by Crippen LogP contribution is 2.48. The zero-order valence-electron chi connectivity index (χ0n) is 31.2. The summed E-state index contributed by atoms with van der Waals surface area (Å²) < 4.78 is 19.1. The van der Waals surface area contributed by atoms with Gasteiger partial charge in [-0.2, -0.15) is 0 Å². The van der Waals surface area contributed by atoms with Crippen molar-refractivity contribution in [1.82, 2.24) is 0 Å². The van der Waals surface area contributed by atoms with Gasteiger partial charge in [-0.3, -0.25) is 0 Å². The van der Waals surface area contributed by atoms with Crippen molar-refractivity contribution in [3.05, 3.63) is 200 Å². The molecule has 0 unspecified atom stereocenters. The van der Waals surface area contributed by atoms with Crippen molar-refractivity contribution < 1.29 is 13.3 Å². The fourth-order valence-electron chi connectivity index (χ4n) is 8.67. The monoisotopic (exact) mass is 743 g/mol. The van der Waals surface area contributed by atoms with Crippen molar-refractivity contribution in [2.45, 2.75) is 0 Å². The van der Waals surface area contributed by atoms with Crippen LogP contribution in [-0.4, -0.2) is 0 Å². The lowest BCUT2D eigenvalue weighted by atomic mass is 9.98. The van der Waals surface area contributed by atoms with E-state index in [0.717, 1.165) is 116 Å². The van der Waals surface area contributed by atoms with Gasteiger partial charge in [-0.25, -0.2) is 0 Å². The largest absolute Gasteiger partial charge is 0.456 e. The minimum absolute atomic E-state index is 0.838. The number of para-hydroxylation sites is 3. The first-order valence-electron chi connectivity index (χ1n) is 19.6. The maximum atomic E-state index is 6.83. The van der Waals surface area contributed by atoms with E-state index < -0.39 is 0 Å². The highest BCUT2D eigenvalue weighted by atomic mass is 16.3. The molecule has 9 aromatic carbocycles. The molecule has 272 valence electrons. The summed E-state index contributed by atoms with van der Waals surface area (Å²) in [6.07, 6.45) is 0. The molecule has 4 nitrogen and oxygen atoms in total. The Morgan fingerprint density at radius 3 is 1.24 bits per heavy atom. The van der Waals surface area contributed by atoms with Crippen LogP contribution in [0.4, 0.5) is 17.1 Å². The molecule has 0 fully saturated rings. The Labute approximate surface area is 333 Å². The van der Waals surface area contributed by atoms with Gasteiger partial charge in [0.1, 0.15) is 27.9 Å². The van der Waals surface area contributed by atoms with E-state index in [1.807, 2.05) is 30.3 Å². The molecule has 4 heteroatoms. The molecule has 12 rings (SSSR count). The first-order chi connectivity index (χ1) is 28.7. The van der Waals surface area contributed by atoms with Crippen LogP contribution in [0.5, 0.6) is 0 Å². The van der Waals surface area contributed by atoms with Crippen LogP contribution in [0.2, 0.25) is 0 Å². The molecule has 0 spiro atoms. The summed E-state index contributed by atoms with van der Waals surface area (Å²) >= 11 is 0. The Hall–Kier alpha value is -7.82. The lowest BCUT2D eigenvalue weighted by Gasteiger charge is -2.28. The average Bonchev–Trinajstić information content (AvgIpc) is 3.98. The highest BCUT2D eigenvalue weighted by molar-refractivity contribution is 6.14. The molecule has 0 bridgehead atoms. The van der Waals surface area contributed by atoms with Gasteiger partial charge >= 0.3 is 0 Å². The zero-order valence-corrected chi connectivity index (χ0v) is 31.2. The first-order valence-corrected chi connectivity index (χ1v) is 19.6. The number of fused-ring (bicyclic) bond motifs is 9. The Kier molecular flexibility index (Phi) is 7.20. The van der Waals surface area contributed by atoms with Gasteiger partial charge < -0.3 is 18.2 Å². The molecule has 3 aromatic heterocycles. The highest BCUT2D eigenvalue weighted by Gasteiger charge is 2.24. The van der Waals surface area contributed by atoms with Crippen molar-refractivity contribution in [3.63, 3.8) is 0 Å². The Balaban J connectivity index is 1.04. The average molecular weight is 744 g/mol. The van der Waals surface area contributed by atoms with Gasteiger partial charge in [0.25, 0.3) is 0 Å². The molecule has 3 heterocycles. The molecule has 0 atom stereocenters. The van der Waals surface area contributed by atoms with Gasteiger partial charge in [0, 0.05) is 49.3 Å². The maximum absolute atomic E-state index is 6.83. The number of nitrogens with zero attached hydrogens (tertiary/aromatic N) is 1. The van der Waals surface area contributed by atoms with Gasteiger partial charge in [-0.1, -0.05) is 127 Å². The molecule has 0 aliphatic rings. The first kappa shape index (κ1) is 32.4. The summed E-state index contributed by atoms with van der Waals surface area (Å²) in [6.45, 7) is 0. The van der Waals surface area contributed by atoms with Crippen LogP contribution in [0.15, 0.2) is 213 Å². The van der Waals surface area contributed by atoms with Gasteiger partial charge in [-0.15, -0.1) is 0 Å². The molecule has 0 aliphatic heterocycles. The summed E-state index contributed by atoms with van der Waals surface area (Å²) in [6, 6.07) is 70.4. The van der Waals surface area contributed by atoms with Crippen LogP contribution in [0.1, 0.15) is 0 Å². The van der Waals surface area contributed by atoms with Crippen LogP contribution in [0.25, 0.3) is 99.2 Å². The smallest absolute Gasteiger partial charge is 0.160 e. The third-order valence-electron chi connectivity index (χ3n) is 11.5. The standard InChI is InChI=1S/C54H33NO3/c1-2-10-36(11-3-1)41-28-29-45-42-12-4-9-17-50(42)58-54(45)53(41)55(39-24-18-34(19-25-39)37-22-30-51-46(32-37)43-13-5-7-15-48(43)56-51)40-26-20-35(21-27-40)38-23-31-52-47(33-38)44-14-6-8-16-49(44)57-52/h1-33H. The van der Waals surface area contributed by atoms with Crippen molar-refractivity contribution in [2.24, 2.45) is 0 Å². The fraction of sp³-hybridized carbons (Fsp3) is 0. The number of hydrogen-bond donors (Lipinski definition) is 0. The van der Waals surface area contributed by atoms with E-state index >= 15 is 0 Å².